The van der Waals surface area contributed by atoms with Gasteiger partial charge in [-0.1, -0.05) is 54.6 Å². The highest BCUT2D eigenvalue weighted by Gasteiger charge is 2.47. The molecular formula is C26H26N2O2. The molecule has 0 saturated heterocycles. The zero-order chi connectivity index (χ0) is 21.3. The van der Waals surface area contributed by atoms with Gasteiger partial charge >= 0.3 is 0 Å². The Bertz CT molecular complexity index is 1120. The van der Waals surface area contributed by atoms with E-state index >= 15 is 0 Å². The molecular weight excluding hydrogens is 372 g/mol. The monoisotopic (exact) mass is 398 g/mol. The second kappa shape index (κ2) is 7.79. The van der Waals surface area contributed by atoms with Crippen LogP contribution in [0.1, 0.15) is 39.5 Å². The van der Waals surface area contributed by atoms with Gasteiger partial charge in [0.2, 0.25) is 5.91 Å². The molecule has 3 aromatic carbocycles. The summed E-state index contributed by atoms with van der Waals surface area (Å²) in [5.41, 5.74) is 4.51. The van der Waals surface area contributed by atoms with Crippen LogP contribution in [0.3, 0.4) is 0 Å². The molecule has 1 N–H and O–H groups in total. The van der Waals surface area contributed by atoms with Gasteiger partial charge in [-0.15, -0.1) is 0 Å². The van der Waals surface area contributed by atoms with Crippen LogP contribution in [0.25, 0.3) is 0 Å². The Hall–Kier alpha value is -3.40. The first-order valence-electron chi connectivity index (χ1n) is 10.2. The molecule has 4 heteroatoms. The molecule has 1 aliphatic heterocycles. The minimum Gasteiger partial charge on any atom is -0.350 e. The van der Waals surface area contributed by atoms with Crippen LogP contribution in [-0.4, -0.2) is 17.4 Å². The van der Waals surface area contributed by atoms with Crippen molar-refractivity contribution in [1.29, 1.82) is 0 Å². The largest absolute Gasteiger partial charge is 0.350 e. The van der Waals surface area contributed by atoms with Crippen LogP contribution >= 0.6 is 0 Å². The van der Waals surface area contributed by atoms with Crippen molar-refractivity contribution >= 4 is 17.5 Å². The number of nitrogens with zero attached hydrogens (tertiary/aromatic N) is 1. The van der Waals surface area contributed by atoms with Gasteiger partial charge in [0.15, 0.2) is 0 Å². The lowest BCUT2D eigenvalue weighted by atomic mass is 9.82. The lowest BCUT2D eigenvalue weighted by Crippen LogP contribution is -2.63. The van der Waals surface area contributed by atoms with E-state index in [1.54, 1.807) is 4.90 Å². The number of rotatable bonds is 4. The summed E-state index contributed by atoms with van der Waals surface area (Å²) in [6, 6.07) is 23.3. The number of hydrogen-bond acceptors (Lipinski definition) is 2. The summed E-state index contributed by atoms with van der Waals surface area (Å²) in [7, 11) is 0. The molecule has 30 heavy (non-hydrogen) atoms. The lowest BCUT2D eigenvalue weighted by Gasteiger charge is -2.44. The minimum atomic E-state index is -1.03. The van der Waals surface area contributed by atoms with E-state index in [9.17, 15) is 9.59 Å². The lowest BCUT2D eigenvalue weighted by molar-refractivity contribution is -0.126. The van der Waals surface area contributed by atoms with Crippen molar-refractivity contribution in [3.05, 3.63) is 101 Å². The Morgan fingerprint density at radius 2 is 1.73 bits per heavy atom. The van der Waals surface area contributed by atoms with Gasteiger partial charge in [-0.05, 0) is 61.2 Å². The van der Waals surface area contributed by atoms with E-state index < -0.39 is 5.54 Å². The van der Waals surface area contributed by atoms with Gasteiger partial charge in [-0.2, -0.15) is 0 Å². The Kier molecular flexibility index (Phi) is 5.17. The average Bonchev–Trinajstić information content (AvgIpc) is 2.73. The van der Waals surface area contributed by atoms with Crippen LogP contribution in [-0.2, 0) is 17.8 Å². The molecule has 4 nitrogen and oxygen atoms in total. The van der Waals surface area contributed by atoms with Gasteiger partial charge in [0, 0.05) is 24.2 Å². The molecule has 0 spiro atoms. The molecule has 3 aromatic rings. The van der Waals surface area contributed by atoms with E-state index in [0.717, 1.165) is 27.9 Å². The number of carbonyl (C=O) groups is 2. The van der Waals surface area contributed by atoms with Gasteiger partial charge in [-0.25, -0.2) is 0 Å². The van der Waals surface area contributed by atoms with Crippen molar-refractivity contribution in [2.75, 3.05) is 4.90 Å². The first-order valence-corrected chi connectivity index (χ1v) is 10.2. The van der Waals surface area contributed by atoms with Crippen molar-refractivity contribution in [3.8, 4) is 0 Å². The predicted molar refractivity (Wildman–Crippen MR) is 120 cm³/mol. The number of hydrogen-bond donors (Lipinski definition) is 1. The zero-order valence-corrected chi connectivity index (χ0v) is 17.6. The minimum absolute atomic E-state index is 0.143. The van der Waals surface area contributed by atoms with Crippen molar-refractivity contribution in [3.63, 3.8) is 0 Å². The van der Waals surface area contributed by atoms with E-state index in [4.69, 9.17) is 0 Å². The number of aryl methyl sites for hydroxylation is 2. The van der Waals surface area contributed by atoms with Crippen LogP contribution in [0.2, 0.25) is 0 Å². The second-order valence-electron chi connectivity index (χ2n) is 8.20. The van der Waals surface area contributed by atoms with Gasteiger partial charge in [0.1, 0.15) is 5.54 Å². The number of fused-ring (bicyclic) bond motifs is 1. The van der Waals surface area contributed by atoms with Gasteiger partial charge in [0.05, 0.1) is 0 Å². The maximum absolute atomic E-state index is 13.5. The van der Waals surface area contributed by atoms with Crippen LogP contribution in [0.4, 0.5) is 5.69 Å². The van der Waals surface area contributed by atoms with Gasteiger partial charge < -0.3 is 5.32 Å². The number of carbonyl (C=O) groups excluding carboxylic acids is 2. The van der Waals surface area contributed by atoms with E-state index in [1.807, 2.05) is 93.6 Å². The van der Waals surface area contributed by atoms with E-state index in [1.165, 1.54) is 0 Å². The van der Waals surface area contributed by atoms with E-state index in [-0.39, 0.29) is 11.8 Å². The van der Waals surface area contributed by atoms with Gasteiger partial charge in [0.25, 0.3) is 5.91 Å². The quantitative estimate of drug-likeness (QED) is 0.699. The molecule has 2 amide bonds. The summed E-state index contributed by atoms with van der Waals surface area (Å²) in [5, 5.41) is 3.08. The first kappa shape index (κ1) is 19.9. The van der Waals surface area contributed by atoms with Crippen molar-refractivity contribution in [2.45, 2.75) is 39.3 Å². The summed E-state index contributed by atoms with van der Waals surface area (Å²) in [5.74, 6) is -0.300. The standard InChI is InChI=1S/C26H26N2O2/c1-18-9-8-13-22(15-18)28-24(29)23-14-7-6-11-20(23)16-26(28,3)25(30)27-17-21-12-5-4-10-19(21)2/h4-15H,16-17H2,1-3H3,(H,27,30). The number of anilines is 1. The van der Waals surface area contributed by atoms with Crippen LogP contribution in [0.5, 0.6) is 0 Å². The Balaban J connectivity index is 1.73. The normalized spacial score (nSPS) is 18.1. The van der Waals surface area contributed by atoms with Crippen LogP contribution in [0.15, 0.2) is 72.8 Å². The third-order valence-electron chi connectivity index (χ3n) is 5.93. The zero-order valence-electron chi connectivity index (χ0n) is 17.6. The van der Waals surface area contributed by atoms with Gasteiger partial charge in [-0.3, -0.25) is 14.5 Å². The van der Waals surface area contributed by atoms with E-state index in [0.29, 0.717) is 18.5 Å². The highest BCUT2D eigenvalue weighted by molar-refractivity contribution is 6.14. The Morgan fingerprint density at radius 3 is 2.50 bits per heavy atom. The molecule has 1 heterocycles. The molecule has 0 aliphatic carbocycles. The Labute approximate surface area is 177 Å². The fourth-order valence-electron chi connectivity index (χ4n) is 4.20. The number of benzene rings is 3. The topological polar surface area (TPSA) is 49.4 Å². The number of nitrogens with one attached hydrogen (secondary N) is 1. The highest BCUT2D eigenvalue weighted by Crippen LogP contribution is 2.35. The average molecular weight is 399 g/mol. The van der Waals surface area contributed by atoms with Crippen LogP contribution < -0.4 is 10.2 Å². The highest BCUT2D eigenvalue weighted by atomic mass is 16.2. The third-order valence-corrected chi connectivity index (χ3v) is 5.93. The van der Waals surface area contributed by atoms with E-state index in [2.05, 4.69) is 5.32 Å². The molecule has 0 aromatic heterocycles. The van der Waals surface area contributed by atoms with Crippen molar-refractivity contribution in [2.24, 2.45) is 0 Å². The molecule has 0 bridgehead atoms. The summed E-state index contributed by atoms with van der Waals surface area (Å²) >= 11 is 0. The summed E-state index contributed by atoms with van der Waals surface area (Å²) in [6.07, 6.45) is 0.461. The Morgan fingerprint density at radius 1 is 1.00 bits per heavy atom. The fourth-order valence-corrected chi connectivity index (χ4v) is 4.20. The third kappa shape index (κ3) is 3.50. The second-order valence-corrected chi connectivity index (χ2v) is 8.20. The van der Waals surface area contributed by atoms with Crippen molar-refractivity contribution < 1.29 is 9.59 Å². The summed E-state index contributed by atoms with van der Waals surface area (Å²) in [4.78, 5) is 28.7. The molecule has 0 radical (unpaired) electrons. The summed E-state index contributed by atoms with van der Waals surface area (Å²) < 4.78 is 0. The first-order chi connectivity index (χ1) is 14.4. The summed E-state index contributed by atoms with van der Waals surface area (Å²) in [6.45, 7) is 6.30. The fraction of sp³-hybridized carbons (Fsp3) is 0.231. The SMILES string of the molecule is Cc1cccc(N2C(=O)c3ccccc3CC2(C)C(=O)NCc2ccccc2C)c1. The molecule has 0 saturated carbocycles. The smallest absolute Gasteiger partial charge is 0.259 e. The maximum atomic E-state index is 13.5. The molecule has 4 rings (SSSR count). The van der Waals surface area contributed by atoms with Crippen molar-refractivity contribution in [1.82, 2.24) is 5.32 Å². The predicted octanol–water partition coefficient (Wildman–Crippen LogP) is 4.58. The number of amides is 2. The molecule has 1 atom stereocenters. The molecule has 1 unspecified atom stereocenters. The van der Waals surface area contributed by atoms with Crippen LogP contribution in [0, 0.1) is 13.8 Å². The molecule has 1 aliphatic rings. The molecule has 0 fully saturated rings. The molecule has 152 valence electrons. The maximum Gasteiger partial charge on any atom is 0.259 e.